The van der Waals surface area contributed by atoms with Crippen molar-refractivity contribution in [3.63, 3.8) is 0 Å². The van der Waals surface area contributed by atoms with E-state index < -0.39 is 0 Å². The fourth-order valence-corrected chi connectivity index (χ4v) is 1.38. The molecule has 0 N–H and O–H groups in total. The van der Waals surface area contributed by atoms with E-state index in [2.05, 4.69) is 16.1 Å². The van der Waals surface area contributed by atoms with Crippen LogP contribution in [0, 0.1) is 16.2 Å². The molecule has 0 aliphatic rings. The molecule has 0 aliphatic carbocycles. The molecule has 1 rings (SSSR count). The van der Waals surface area contributed by atoms with Gasteiger partial charge in [-0.2, -0.15) is 5.26 Å². The van der Waals surface area contributed by atoms with Crippen molar-refractivity contribution in [2.45, 2.75) is 13.3 Å². The van der Waals surface area contributed by atoms with Crippen molar-refractivity contribution in [3.05, 3.63) is 29.2 Å². The van der Waals surface area contributed by atoms with Crippen LogP contribution >= 0.6 is 0 Å². The van der Waals surface area contributed by atoms with Crippen LogP contribution < -0.4 is 4.90 Å². The van der Waals surface area contributed by atoms with Gasteiger partial charge in [0.2, 0.25) is 0 Å². The van der Waals surface area contributed by atoms with Crippen LogP contribution in [0.2, 0.25) is 0 Å². The molecule has 1 aromatic rings. The average Bonchev–Trinajstić information content (AvgIpc) is 2.31. The monoisotopic (exact) mass is 203 g/mol. The summed E-state index contributed by atoms with van der Waals surface area (Å²) in [5.41, 5.74) is 1.44. The SMILES string of the molecule is CCN(CCC#N)c1ccc(N=O)cc1. The Morgan fingerprint density at radius 1 is 1.40 bits per heavy atom. The largest absolute Gasteiger partial charge is 0.371 e. The van der Waals surface area contributed by atoms with Gasteiger partial charge in [0.25, 0.3) is 0 Å². The van der Waals surface area contributed by atoms with E-state index in [9.17, 15) is 4.91 Å². The van der Waals surface area contributed by atoms with Crippen LogP contribution in [0.4, 0.5) is 11.4 Å². The molecule has 0 spiro atoms. The Morgan fingerprint density at radius 3 is 2.53 bits per heavy atom. The Hall–Kier alpha value is -1.89. The van der Waals surface area contributed by atoms with Gasteiger partial charge in [-0.05, 0) is 36.4 Å². The first-order valence-electron chi connectivity index (χ1n) is 4.87. The third kappa shape index (κ3) is 3.06. The lowest BCUT2D eigenvalue weighted by Crippen LogP contribution is -2.23. The van der Waals surface area contributed by atoms with Crippen molar-refractivity contribution in [1.29, 1.82) is 5.26 Å². The Morgan fingerprint density at radius 2 is 2.07 bits per heavy atom. The first-order chi connectivity index (χ1) is 7.31. The van der Waals surface area contributed by atoms with E-state index in [0.29, 0.717) is 18.7 Å². The second-order valence-corrected chi connectivity index (χ2v) is 3.10. The molecule has 0 atom stereocenters. The van der Waals surface area contributed by atoms with Gasteiger partial charge in [-0.15, -0.1) is 4.91 Å². The minimum absolute atomic E-state index is 0.426. The zero-order chi connectivity index (χ0) is 11.1. The molecule has 0 bridgehead atoms. The van der Waals surface area contributed by atoms with Crippen molar-refractivity contribution >= 4 is 11.4 Å². The number of hydrogen-bond donors (Lipinski definition) is 0. The van der Waals surface area contributed by atoms with Crippen LogP contribution in [0.25, 0.3) is 0 Å². The molecule has 0 unspecified atom stereocenters. The minimum atomic E-state index is 0.426. The molecule has 4 nitrogen and oxygen atoms in total. The molecule has 15 heavy (non-hydrogen) atoms. The van der Waals surface area contributed by atoms with Crippen LogP contribution in [0.5, 0.6) is 0 Å². The van der Waals surface area contributed by atoms with Gasteiger partial charge in [0.15, 0.2) is 0 Å². The normalized spacial score (nSPS) is 9.33. The van der Waals surface area contributed by atoms with E-state index >= 15 is 0 Å². The summed E-state index contributed by atoms with van der Waals surface area (Å²) in [6, 6.07) is 9.16. The van der Waals surface area contributed by atoms with Crippen LogP contribution in [0.1, 0.15) is 13.3 Å². The molecule has 0 saturated heterocycles. The maximum atomic E-state index is 10.2. The fraction of sp³-hybridized carbons (Fsp3) is 0.364. The van der Waals surface area contributed by atoms with Gasteiger partial charge in [0, 0.05) is 18.8 Å². The lowest BCUT2D eigenvalue weighted by molar-refractivity contribution is 0.827. The Kier molecular flexibility index (Phi) is 4.30. The standard InChI is InChI=1S/C11H13N3O/c1-2-14(9-3-8-12)11-6-4-10(13-15)5-7-11/h4-7H,2-3,9H2,1H3. The van der Waals surface area contributed by atoms with Crippen molar-refractivity contribution in [3.8, 4) is 6.07 Å². The Balaban J connectivity index is 2.74. The molecule has 78 valence electrons. The fourth-order valence-electron chi connectivity index (χ4n) is 1.38. The number of benzene rings is 1. The quantitative estimate of drug-likeness (QED) is 0.691. The van der Waals surface area contributed by atoms with E-state index in [1.54, 1.807) is 12.1 Å². The smallest absolute Gasteiger partial charge is 0.108 e. The molecule has 1 aromatic carbocycles. The number of anilines is 1. The third-order valence-corrected chi connectivity index (χ3v) is 2.20. The Labute approximate surface area is 89.1 Å². The average molecular weight is 203 g/mol. The number of nitriles is 1. The molecular formula is C11H13N3O. The summed E-state index contributed by atoms with van der Waals surface area (Å²) in [5.74, 6) is 0. The van der Waals surface area contributed by atoms with Crippen LogP contribution in [0.3, 0.4) is 0 Å². The molecule has 0 heterocycles. The second-order valence-electron chi connectivity index (χ2n) is 3.10. The maximum Gasteiger partial charge on any atom is 0.108 e. The first kappa shape index (κ1) is 11.2. The highest BCUT2D eigenvalue weighted by atomic mass is 16.3. The predicted octanol–water partition coefficient (Wildman–Crippen LogP) is 2.82. The summed E-state index contributed by atoms with van der Waals surface area (Å²) in [5, 5.41) is 11.3. The molecule has 0 aliphatic heterocycles. The highest BCUT2D eigenvalue weighted by molar-refractivity contribution is 5.52. The maximum absolute atomic E-state index is 10.2. The van der Waals surface area contributed by atoms with Gasteiger partial charge in [0.05, 0.1) is 12.5 Å². The van der Waals surface area contributed by atoms with E-state index in [0.717, 1.165) is 12.2 Å². The number of nitrogens with zero attached hydrogens (tertiary/aromatic N) is 3. The summed E-state index contributed by atoms with van der Waals surface area (Å²) >= 11 is 0. The van der Waals surface area contributed by atoms with E-state index in [1.165, 1.54) is 0 Å². The summed E-state index contributed by atoms with van der Waals surface area (Å²) in [7, 11) is 0. The van der Waals surface area contributed by atoms with E-state index in [1.807, 2.05) is 19.1 Å². The lowest BCUT2D eigenvalue weighted by atomic mass is 10.2. The molecule has 0 aromatic heterocycles. The molecule has 0 amide bonds. The second kappa shape index (κ2) is 5.76. The van der Waals surface area contributed by atoms with Gasteiger partial charge in [0.1, 0.15) is 5.69 Å². The summed E-state index contributed by atoms with van der Waals surface area (Å²) < 4.78 is 0. The van der Waals surface area contributed by atoms with E-state index in [-0.39, 0.29) is 0 Å². The number of hydrogen-bond acceptors (Lipinski definition) is 4. The highest BCUT2D eigenvalue weighted by Crippen LogP contribution is 2.19. The third-order valence-electron chi connectivity index (χ3n) is 2.20. The Bertz CT molecular complexity index is 353. The number of rotatable bonds is 5. The summed E-state index contributed by atoms with van der Waals surface area (Å²) in [6.45, 7) is 3.58. The predicted molar refractivity (Wildman–Crippen MR) is 60.0 cm³/mol. The van der Waals surface area contributed by atoms with Crippen molar-refractivity contribution in [2.75, 3.05) is 18.0 Å². The van der Waals surface area contributed by atoms with Crippen LogP contribution in [-0.2, 0) is 0 Å². The molecule has 0 saturated carbocycles. The molecule has 0 radical (unpaired) electrons. The first-order valence-corrected chi connectivity index (χ1v) is 4.87. The summed E-state index contributed by atoms with van der Waals surface area (Å²) in [4.78, 5) is 12.3. The van der Waals surface area contributed by atoms with Gasteiger partial charge in [-0.25, -0.2) is 0 Å². The number of nitroso groups, excluding NO2 is 1. The highest BCUT2D eigenvalue weighted by Gasteiger charge is 2.03. The van der Waals surface area contributed by atoms with Crippen molar-refractivity contribution in [2.24, 2.45) is 5.18 Å². The lowest BCUT2D eigenvalue weighted by Gasteiger charge is -2.21. The van der Waals surface area contributed by atoms with Gasteiger partial charge in [-0.3, -0.25) is 0 Å². The van der Waals surface area contributed by atoms with Gasteiger partial charge >= 0.3 is 0 Å². The van der Waals surface area contributed by atoms with Crippen LogP contribution in [-0.4, -0.2) is 13.1 Å². The molecule has 4 heteroatoms. The minimum Gasteiger partial charge on any atom is -0.371 e. The van der Waals surface area contributed by atoms with Crippen molar-refractivity contribution < 1.29 is 0 Å². The van der Waals surface area contributed by atoms with Gasteiger partial charge < -0.3 is 4.90 Å². The zero-order valence-corrected chi connectivity index (χ0v) is 8.68. The van der Waals surface area contributed by atoms with Crippen molar-refractivity contribution in [1.82, 2.24) is 0 Å². The topological polar surface area (TPSA) is 56.5 Å². The summed E-state index contributed by atoms with van der Waals surface area (Å²) in [6.07, 6.45) is 0.502. The van der Waals surface area contributed by atoms with Gasteiger partial charge in [-0.1, -0.05) is 0 Å². The van der Waals surface area contributed by atoms with E-state index in [4.69, 9.17) is 5.26 Å². The molecule has 0 fully saturated rings. The van der Waals surface area contributed by atoms with Crippen LogP contribution in [0.15, 0.2) is 29.4 Å². The molecular weight excluding hydrogens is 190 g/mol. The zero-order valence-electron chi connectivity index (χ0n) is 8.68.